The average molecular weight is 262 g/mol. The second kappa shape index (κ2) is 4.01. The van der Waals surface area contributed by atoms with Gasteiger partial charge in [0.2, 0.25) is 0 Å². The largest absolute Gasteiger partial charge is 0.507 e. The Morgan fingerprint density at radius 2 is 1.95 bits per heavy atom. The predicted octanol–water partition coefficient (Wildman–Crippen LogP) is 3.00. The zero-order chi connectivity index (χ0) is 13.7. The molecule has 0 saturated heterocycles. The highest BCUT2D eigenvalue weighted by Gasteiger charge is 2.34. The van der Waals surface area contributed by atoms with E-state index in [1.54, 1.807) is 6.07 Å². The summed E-state index contributed by atoms with van der Waals surface area (Å²) in [5, 5.41) is 19.6. The van der Waals surface area contributed by atoms with Crippen LogP contribution in [0, 0.1) is 11.5 Å². The van der Waals surface area contributed by atoms with Crippen molar-refractivity contribution in [3.63, 3.8) is 0 Å². The maximum Gasteiger partial charge on any atom is 0.179 e. The van der Waals surface area contributed by atoms with Gasteiger partial charge in [0, 0.05) is 12.1 Å². The normalized spacial score (nSPS) is 18.9. The van der Waals surface area contributed by atoms with Gasteiger partial charge in [0.15, 0.2) is 6.19 Å². The van der Waals surface area contributed by atoms with E-state index in [1.807, 2.05) is 11.0 Å². The summed E-state index contributed by atoms with van der Waals surface area (Å²) < 4.78 is 0. The minimum absolute atomic E-state index is 0.120. The third-order valence-corrected chi connectivity index (χ3v) is 4.47. The van der Waals surface area contributed by atoms with Crippen LogP contribution in [-0.4, -0.2) is 16.6 Å². The highest BCUT2D eigenvalue weighted by molar-refractivity contribution is 5.80. The molecule has 1 heterocycles. The van der Waals surface area contributed by atoms with Crippen LogP contribution in [0.5, 0.6) is 5.75 Å². The Morgan fingerprint density at radius 3 is 2.80 bits per heavy atom. The second-order valence-electron chi connectivity index (χ2n) is 5.45. The number of aromatic hydroxyl groups is 1. The quantitative estimate of drug-likeness (QED) is 0.742. The molecule has 0 radical (unpaired) electrons. The summed E-state index contributed by atoms with van der Waals surface area (Å²) in [5.74, 6) is 0.337. The van der Waals surface area contributed by atoms with Crippen molar-refractivity contribution in [2.45, 2.75) is 18.9 Å². The van der Waals surface area contributed by atoms with Crippen LogP contribution in [0.15, 0.2) is 36.4 Å². The molecule has 1 aliphatic heterocycles. The van der Waals surface area contributed by atoms with E-state index in [0.29, 0.717) is 5.75 Å². The Morgan fingerprint density at radius 1 is 1.15 bits per heavy atom. The summed E-state index contributed by atoms with van der Waals surface area (Å²) in [6, 6.07) is 12.0. The van der Waals surface area contributed by atoms with Gasteiger partial charge in [-0.25, -0.2) is 0 Å². The number of hydrogen-bond acceptors (Lipinski definition) is 3. The highest BCUT2D eigenvalue weighted by Crippen LogP contribution is 2.47. The van der Waals surface area contributed by atoms with Gasteiger partial charge in [0.1, 0.15) is 5.75 Å². The fourth-order valence-corrected chi connectivity index (χ4v) is 3.60. The third-order valence-electron chi connectivity index (χ3n) is 4.47. The fraction of sp³-hybridized carbons (Fsp3) is 0.235. The molecule has 0 bridgehead atoms. The first kappa shape index (κ1) is 11.4. The number of rotatable bonds is 0. The number of phenolic OH excluding ortho intramolecular Hbond substituents is 1. The summed E-state index contributed by atoms with van der Waals surface area (Å²) in [7, 11) is 0. The lowest BCUT2D eigenvalue weighted by molar-refractivity contribution is 0.274. The van der Waals surface area contributed by atoms with Crippen molar-refractivity contribution in [1.29, 1.82) is 5.26 Å². The summed E-state index contributed by atoms with van der Waals surface area (Å²) in [4.78, 5) is 1.87. The van der Waals surface area contributed by atoms with Crippen molar-refractivity contribution in [3.05, 3.63) is 53.1 Å². The van der Waals surface area contributed by atoms with E-state index in [4.69, 9.17) is 0 Å². The zero-order valence-corrected chi connectivity index (χ0v) is 11.0. The Kier molecular flexibility index (Phi) is 2.28. The van der Waals surface area contributed by atoms with Crippen molar-refractivity contribution < 1.29 is 5.11 Å². The van der Waals surface area contributed by atoms with Gasteiger partial charge in [0.25, 0.3) is 0 Å². The number of phenols is 1. The Bertz CT molecular complexity index is 745. The maximum atomic E-state index is 10.2. The van der Waals surface area contributed by atoms with Crippen LogP contribution in [0.3, 0.4) is 0 Å². The molecule has 0 fully saturated rings. The van der Waals surface area contributed by atoms with Crippen molar-refractivity contribution in [2.24, 2.45) is 0 Å². The summed E-state index contributed by atoms with van der Waals surface area (Å²) in [5.41, 5.74) is 5.70. The first-order valence-electron chi connectivity index (χ1n) is 6.89. The Balaban J connectivity index is 2.03. The molecule has 98 valence electrons. The van der Waals surface area contributed by atoms with Gasteiger partial charge in [-0.15, -0.1) is 0 Å². The summed E-state index contributed by atoms with van der Waals surface area (Å²) in [6.07, 6.45) is 4.02. The molecule has 0 amide bonds. The highest BCUT2D eigenvalue weighted by atomic mass is 16.3. The van der Waals surface area contributed by atoms with E-state index in [9.17, 15) is 10.4 Å². The van der Waals surface area contributed by atoms with Crippen LogP contribution in [0.25, 0.3) is 11.1 Å². The summed E-state index contributed by atoms with van der Waals surface area (Å²) >= 11 is 0. The van der Waals surface area contributed by atoms with E-state index in [0.717, 1.165) is 36.1 Å². The van der Waals surface area contributed by atoms with Crippen LogP contribution >= 0.6 is 0 Å². The van der Waals surface area contributed by atoms with E-state index in [2.05, 4.69) is 30.5 Å². The molecular weight excluding hydrogens is 248 g/mol. The molecule has 2 aromatic rings. The lowest BCUT2D eigenvalue weighted by atomic mass is 9.77. The van der Waals surface area contributed by atoms with Gasteiger partial charge in [-0.05, 0) is 41.2 Å². The fourth-order valence-electron chi connectivity index (χ4n) is 3.60. The van der Waals surface area contributed by atoms with Gasteiger partial charge in [-0.1, -0.05) is 30.3 Å². The molecule has 1 N–H and O–H groups in total. The van der Waals surface area contributed by atoms with Gasteiger partial charge in [-0.3, -0.25) is 0 Å². The number of nitriles is 1. The van der Waals surface area contributed by atoms with Crippen molar-refractivity contribution >= 4 is 0 Å². The van der Waals surface area contributed by atoms with Crippen LogP contribution in [-0.2, 0) is 12.8 Å². The van der Waals surface area contributed by atoms with Gasteiger partial charge < -0.3 is 10.0 Å². The van der Waals surface area contributed by atoms with Crippen molar-refractivity contribution in [2.75, 3.05) is 6.54 Å². The summed E-state index contributed by atoms with van der Waals surface area (Å²) in [6.45, 7) is 0.784. The first-order chi connectivity index (χ1) is 9.79. The molecular formula is C17H14N2O. The van der Waals surface area contributed by atoms with Gasteiger partial charge >= 0.3 is 0 Å². The average Bonchev–Trinajstić information content (AvgIpc) is 2.48. The molecule has 1 aliphatic carbocycles. The van der Waals surface area contributed by atoms with Crippen LogP contribution in [0.1, 0.15) is 22.7 Å². The molecule has 0 spiro atoms. The molecule has 2 aromatic carbocycles. The Hall–Kier alpha value is -2.47. The molecule has 1 atom stereocenters. The number of benzene rings is 2. The SMILES string of the molecule is N#CN1CCc2cccc3c2C1Cc1cccc(O)c1-3. The molecule has 0 saturated carbocycles. The molecule has 3 nitrogen and oxygen atoms in total. The van der Waals surface area contributed by atoms with Gasteiger partial charge in [-0.2, -0.15) is 5.26 Å². The lowest BCUT2D eigenvalue weighted by Crippen LogP contribution is -2.35. The molecule has 2 aliphatic rings. The smallest absolute Gasteiger partial charge is 0.179 e. The zero-order valence-electron chi connectivity index (χ0n) is 11.0. The standard InChI is InChI=1S/C17H14N2O/c18-10-19-8-7-11-3-1-5-13-16(11)14(19)9-12-4-2-6-15(20)17(12)13/h1-6,14,20H,7-9H2. The van der Waals surface area contributed by atoms with Crippen LogP contribution in [0.2, 0.25) is 0 Å². The molecule has 0 aromatic heterocycles. The molecule has 4 rings (SSSR count). The van der Waals surface area contributed by atoms with Crippen molar-refractivity contribution in [3.8, 4) is 23.1 Å². The second-order valence-corrected chi connectivity index (χ2v) is 5.45. The predicted molar refractivity (Wildman–Crippen MR) is 76.0 cm³/mol. The number of fused-ring (bicyclic) bond motifs is 2. The van der Waals surface area contributed by atoms with E-state index >= 15 is 0 Å². The van der Waals surface area contributed by atoms with Crippen LogP contribution < -0.4 is 0 Å². The van der Waals surface area contributed by atoms with Gasteiger partial charge in [0.05, 0.1) is 6.04 Å². The van der Waals surface area contributed by atoms with E-state index in [1.165, 1.54) is 11.1 Å². The third kappa shape index (κ3) is 1.39. The van der Waals surface area contributed by atoms with Crippen LogP contribution in [0.4, 0.5) is 0 Å². The Labute approximate surface area is 117 Å². The minimum atomic E-state index is 0.120. The number of nitrogens with zero attached hydrogens (tertiary/aromatic N) is 2. The maximum absolute atomic E-state index is 10.2. The monoisotopic (exact) mass is 262 g/mol. The molecule has 1 unspecified atom stereocenters. The molecule has 3 heteroatoms. The van der Waals surface area contributed by atoms with Crippen molar-refractivity contribution in [1.82, 2.24) is 4.90 Å². The van der Waals surface area contributed by atoms with E-state index < -0.39 is 0 Å². The molecule has 20 heavy (non-hydrogen) atoms. The van der Waals surface area contributed by atoms with E-state index in [-0.39, 0.29) is 6.04 Å². The first-order valence-corrected chi connectivity index (χ1v) is 6.89. The topological polar surface area (TPSA) is 47.3 Å². The lowest BCUT2D eigenvalue weighted by Gasteiger charge is -2.38. The number of hydrogen-bond donors (Lipinski definition) is 1. The minimum Gasteiger partial charge on any atom is -0.507 e.